The highest BCUT2D eigenvalue weighted by atomic mass is 16.2. The molecule has 0 aliphatic carbocycles. The maximum Gasteiger partial charge on any atom is 0.322 e. The number of amides is 4. The van der Waals surface area contributed by atoms with E-state index in [1.807, 2.05) is 70.5 Å². The van der Waals surface area contributed by atoms with E-state index >= 15 is 0 Å². The zero-order chi connectivity index (χ0) is 26.6. The van der Waals surface area contributed by atoms with Crippen LogP contribution >= 0.6 is 0 Å². The van der Waals surface area contributed by atoms with Gasteiger partial charge in [0, 0.05) is 37.6 Å². The minimum Gasteiger partial charge on any atom is -0.320 e. The van der Waals surface area contributed by atoms with Crippen molar-refractivity contribution in [2.45, 2.75) is 32.4 Å². The minimum atomic E-state index is -0.0661. The van der Waals surface area contributed by atoms with E-state index in [-0.39, 0.29) is 12.1 Å². The fourth-order valence-electron chi connectivity index (χ4n) is 5.39. The van der Waals surface area contributed by atoms with Crippen LogP contribution in [-0.2, 0) is 32.4 Å². The highest BCUT2D eigenvalue weighted by molar-refractivity contribution is 5.90. The molecule has 0 atom stereocenters. The minimum absolute atomic E-state index is 0.0661. The van der Waals surface area contributed by atoms with Gasteiger partial charge in [0.25, 0.3) is 0 Å². The summed E-state index contributed by atoms with van der Waals surface area (Å²) in [5, 5.41) is 6.07. The lowest BCUT2D eigenvalue weighted by atomic mass is 10.0. The molecule has 4 aromatic rings. The summed E-state index contributed by atoms with van der Waals surface area (Å²) in [6.07, 6.45) is 2.55. The van der Waals surface area contributed by atoms with Crippen molar-refractivity contribution in [3.05, 3.63) is 130 Å². The molecule has 0 fully saturated rings. The second kappa shape index (κ2) is 11.0. The number of nitrogens with one attached hydrogen (secondary N) is 2. The van der Waals surface area contributed by atoms with Gasteiger partial charge < -0.3 is 20.4 Å². The number of benzene rings is 4. The maximum absolute atomic E-state index is 12.8. The number of anilines is 2. The molecule has 39 heavy (non-hydrogen) atoms. The highest BCUT2D eigenvalue weighted by Gasteiger charge is 2.21. The number of hydrogen-bond acceptors (Lipinski definition) is 2. The van der Waals surface area contributed by atoms with E-state index in [9.17, 15) is 9.59 Å². The molecule has 196 valence electrons. The summed E-state index contributed by atoms with van der Waals surface area (Å²) in [7, 11) is 0. The van der Waals surface area contributed by atoms with Gasteiger partial charge in [0.1, 0.15) is 0 Å². The third-order valence-corrected chi connectivity index (χ3v) is 7.65. The summed E-state index contributed by atoms with van der Waals surface area (Å²) in [4.78, 5) is 29.3. The Bertz CT molecular complexity index is 1370. The Kier molecular flexibility index (Phi) is 7.00. The van der Waals surface area contributed by atoms with Gasteiger partial charge in [-0.1, -0.05) is 72.8 Å². The van der Waals surface area contributed by atoms with Crippen molar-refractivity contribution in [3.8, 4) is 0 Å². The van der Waals surface area contributed by atoms with Gasteiger partial charge in [0.05, 0.1) is 0 Å². The molecule has 0 saturated carbocycles. The molecular weight excluding hydrogens is 484 g/mol. The molecule has 2 aliphatic heterocycles. The van der Waals surface area contributed by atoms with E-state index in [2.05, 4.69) is 47.0 Å². The topological polar surface area (TPSA) is 64.7 Å². The quantitative estimate of drug-likeness (QED) is 0.327. The summed E-state index contributed by atoms with van der Waals surface area (Å²) < 4.78 is 0. The van der Waals surface area contributed by atoms with E-state index in [4.69, 9.17) is 0 Å². The summed E-state index contributed by atoms with van der Waals surface area (Å²) in [5.74, 6) is 0. The van der Waals surface area contributed by atoms with Crippen molar-refractivity contribution in [2.24, 2.45) is 0 Å². The molecule has 0 radical (unpaired) electrons. The van der Waals surface area contributed by atoms with Crippen LogP contribution in [0.2, 0.25) is 0 Å². The van der Waals surface area contributed by atoms with E-state index in [0.29, 0.717) is 13.1 Å². The molecule has 6 heteroatoms. The molecule has 2 heterocycles. The SMILES string of the molecule is O=C(Nc1ccc(Cc2ccc(NC(=O)N3CCc4ccccc4C3)cc2)cc1)N1CCc2ccccc2C1. The van der Waals surface area contributed by atoms with Gasteiger partial charge in [-0.3, -0.25) is 0 Å². The maximum atomic E-state index is 12.8. The van der Waals surface area contributed by atoms with E-state index in [0.717, 1.165) is 54.9 Å². The van der Waals surface area contributed by atoms with Crippen LogP contribution in [0.5, 0.6) is 0 Å². The summed E-state index contributed by atoms with van der Waals surface area (Å²) in [6.45, 7) is 2.73. The lowest BCUT2D eigenvalue weighted by Gasteiger charge is -2.29. The highest BCUT2D eigenvalue weighted by Crippen LogP contribution is 2.22. The molecule has 6 nitrogen and oxygen atoms in total. The average molecular weight is 517 g/mol. The van der Waals surface area contributed by atoms with Gasteiger partial charge in [-0.25, -0.2) is 9.59 Å². The smallest absolute Gasteiger partial charge is 0.320 e. The van der Waals surface area contributed by atoms with Crippen molar-refractivity contribution in [1.29, 1.82) is 0 Å². The normalized spacial score (nSPS) is 14.3. The van der Waals surface area contributed by atoms with Crippen LogP contribution < -0.4 is 10.6 Å². The van der Waals surface area contributed by atoms with E-state index in [1.165, 1.54) is 22.3 Å². The Hall–Kier alpha value is -4.58. The molecule has 0 saturated heterocycles. The van der Waals surface area contributed by atoms with Crippen molar-refractivity contribution in [2.75, 3.05) is 23.7 Å². The predicted molar refractivity (Wildman–Crippen MR) is 155 cm³/mol. The first kappa shape index (κ1) is 24.7. The zero-order valence-electron chi connectivity index (χ0n) is 21.9. The van der Waals surface area contributed by atoms with Gasteiger partial charge >= 0.3 is 12.1 Å². The molecule has 0 spiro atoms. The van der Waals surface area contributed by atoms with Crippen molar-refractivity contribution in [3.63, 3.8) is 0 Å². The first-order valence-corrected chi connectivity index (χ1v) is 13.5. The summed E-state index contributed by atoms with van der Waals surface area (Å²) in [5.41, 5.74) is 8.99. The molecule has 2 aliphatic rings. The molecule has 0 unspecified atom stereocenters. The largest absolute Gasteiger partial charge is 0.322 e. The fourth-order valence-corrected chi connectivity index (χ4v) is 5.39. The van der Waals surface area contributed by atoms with Crippen LogP contribution in [-0.4, -0.2) is 35.0 Å². The number of rotatable bonds is 4. The number of fused-ring (bicyclic) bond motifs is 2. The molecule has 4 amide bonds. The van der Waals surface area contributed by atoms with Crippen LogP contribution in [0, 0.1) is 0 Å². The fraction of sp³-hybridized carbons (Fsp3) is 0.212. The third kappa shape index (κ3) is 5.80. The average Bonchev–Trinajstić information content (AvgIpc) is 2.98. The van der Waals surface area contributed by atoms with Crippen LogP contribution in [0.3, 0.4) is 0 Å². The first-order valence-electron chi connectivity index (χ1n) is 13.5. The zero-order valence-corrected chi connectivity index (χ0v) is 21.9. The van der Waals surface area contributed by atoms with Gasteiger partial charge in [-0.2, -0.15) is 0 Å². The Morgan fingerprint density at radius 3 is 1.33 bits per heavy atom. The second-order valence-electron chi connectivity index (χ2n) is 10.3. The Morgan fingerprint density at radius 2 is 0.923 bits per heavy atom. The molecular formula is C33H32N4O2. The second-order valence-corrected chi connectivity index (χ2v) is 10.3. The summed E-state index contributed by atoms with van der Waals surface area (Å²) in [6, 6.07) is 32.5. The molecule has 4 aromatic carbocycles. The van der Waals surface area contributed by atoms with Crippen molar-refractivity contribution in [1.82, 2.24) is 9.80 Å². The van der Waals surface area contributed by atoms with Crippen LogP contribution in [0.25, 0.3) is 0 Å². The van der Waals surface area contributed by atoms with Gasteiger partial charge in [0.2, 0.25) is 0 Å². The number of nitrogens with zero attached hydrogens (tertiary/aromatic N) is 2. The van der Waals surface area contributed by atoms with Crippen LogP contribution in [0.1, 0.15) is 33.4 Å². The first-order chi connectivity index (χ1) is 19.1. The number of carbonyl (C=O) groups is 2. The lowest BCUT2D eigenvalue weighted by Crippen LogP contribution is -2.38. The Balaban J connectivity index is 1.00. The number of urea groups is 2. The van der Waals surface area contributed by atoms with Gasteiger partial charge in [-0.15, -0.1) is 0 Å². The lowest BCUT2D eigenvalue weighted by molar-refractivity contribution is 0.206. The van der Waals surface area contributed by atoms with Gasteiger partial charge in [0.15, 0.2) is 0 Å². The standard InChI is InChI=1S/C33H32N4O2/c38-32(36-19-17-26-5-1-3-7-28(26)22-36)34-30-13-9-24(10-14-30)21-25-11-15-31(16-12-25)35-33(39)37-20-18-27-6-2-4-8-29(27)23-37/h1-16H,17-23H2,(H,34,38)(H,35,39). The molecule has 6 rings (SSSR count). The third-order valence-electron chi connectivity index (χ3n) is 7.65. The molecule has 0 aromatic heterocycles. The Morgan fingerprint density at radius 1 is 0.538 bits per heavy atom. The number of carbonyl (C=O) groups excluding carboxylic acids is 2. The summed E-state index contributed by atoms with van der Waals surface area (Å²) >= 11 is 0. The Labute approximate surface area is 229 Å². The van der Waals surface area contributed by atoms with Crippen LogP contribution in [0.15, 0.2) is 97.1 Å². The van der Waals surface area contributed by atoms with Crippen molar-refractivity contribution >= 4 is 23.4 Å². The van der Waals surface area contributed by atoms with E-state index in [1.54, 1.807) is 0 Å². The van der Waals surface area contributed by atoms with Crippen LogP contribution in [0.4, 0.5) is 21.0 Å². The monoisotopic (exact) mass is 516 g/mol. The molecule has 0 bridgehead atoms. The predicted octanol–water partition coefficient (Wildman–Crippen LogP) is 6.46. The van der Waals surface area contributed by atoms with Crippen molar-refractivity contribution < 1.29 is 9.59 Å². The van der Waals surface area contributed by atoms with Gasteiger partial charge in [-0.05, 0) is 76.9 Å². The number of hydrogen-bond donors (Lipinski definition) is 2. The molecule has 2 N–H and O–H groups in total. The van der Waals surface area contributed by atoms with E-state index < -0.39 is 0 Å².